The van der Waals surface area contributed by atoms with Gasteiger partial charge in [-0.15, -0.1) is 0 Å². The van der Waals surface area contributed by atoms with Crippen molar-refractivity contribution in [2.24, 2.45) is 56.7 Å². The zero-order valence-electron chi connectivity index (χ0n) is 28.5. The first-order valence-electron chi connectivity index (χ1n) is 17.2. The quantitative estimate of drug-likeness (QED) is 0.186. The maximum atomic E-state index is 13.5. The molecule has 5 fully saturated rings. The summed E-state index contributed by atoms with van der Waals surface area (Å²) < 4.78 is 38.5. The number of fused-ring (bicyclic) bond motifs is 7. The van der Waals surface area contributed by atoms with Crippen molar-refractivity contribution in [2.75, 3.05) is 7.11 Å². The third-order valence-electron chi connectivity index (χ3n) is 15.2. The molecule has 0 N–H and O–H groups in total. The molecule has 5 saturated carbocycles. The van der Waals surface area contributed by atoms with E-state index in [0.29, 0.717) is 29.6 Å². The molecule has 6 rings (SSSR count). The molecule has 1 aromatic carbocycles. The smallest absolute Gasteiger partial charge is 0.312 e. The Morgan fingerprint density at radius 1 is 0.841 bits per heavy atom. The Morgan fingerprint density at radius 3 is 2.16 bits per heavy atom. The highest BCUT2D eigenvalue weighted by Crippen LogP contribution is 2.77. The Kier molecular flexibility index (Phi) is 7.65. The SMILES string of the molecule is C=C(C)[C@@H]1CCC2(C(=O)OC)CC[C@]3(C)C(CCC4[C@@]5(C)CCC(OS(=O)(=O)c6ccc(C)cc6)C(C)(C)C5CC[C@]43C)C12. The number of carbonyl (C=O) groups excluding carboxylic acids is 1. The summed E-state index contributed by atoms with van der Waals surface area (Å²) in [5, 5.41) is 0. The van der Waals surface area contributed by atoms with Gasteiger partial charge in [0.25, 0.3) is 10.1 Å². The van der Waals surface area contributed by atoms with Crippen LogP contribution in [-0.2, 0) is 23.8 Å². The molecular formula is C38H56O5S. The molecule has 0 radical (unpaired) electrons. The van der Waals surface area contributed by atoms with Crippen LogP contribution in [-0.4, -0.2) is 27.6 Å². The maximum Gasteiger partial charge on any atom is 0.312 e. The first-order chi connectivity index (χ1) is 20.5. The van der Waals surface area contributed by atoms with Crippen LogP contribution < -0.4 is 0 Å². The number of carbonyl (C=O) groups is 1. The third-order valence-corrected chi connectivity index (χ3v) is 16.5. The normalized spacial score (nSPS) is 44.5. The summed E-state index contributed by atoms with van der Waals surface area (Å²) >= 11 is 0. The van der Waals surface area contributed by atoms with Crippen LogP contribution in [0.15, 0.2) is 41.3 Å². The summed E-state index contributed by atoms with van der Waals surface area (Å²) in [6.45, 7) is 20.8. The monoisotopic (exact) mass is 624 g/mol. The van der Waals surface area contributed by atoms with Gasteiger partial charge in [0.2, 0.25) is 0 Å². The summed E-state index contributed by atoms with van der Waals surface area (Å²) in [6.07, 6.45) is 9.90. The van der Waals surface area contributed by atoms with Gasteiger partial charge in [-0.2, -0.15) is 8.42 Å². The van der Waals surface area contributed by atoms with Gasteiger partial charge in [0.1, 0.15) is 0 Å². The number of rotatable bonds is 5. The topological polar surface area (TPSA) is 69.7 Å². The number of hydrogen-bond donors (Lipinski definition) is 0. The zero-order chi connectivity index (χ0) is 32.1. The van der Waals surface area contributed by atoms with Crippen LogP contribution >= 0.6 is 0 Å². The molecule has 5 nitrogen and oxygen atoms in total. The van der Waals surface area contributed by atoms with E-state index in [9.17, 15) is 13.2 Å². The van der Waals surface area contributed by atoms with E-state index in [-0.39, 0.29) is 44.0 Å². The summed E-state index contributed by atoms with van der Waals surface area (Å²) in [5.41, 5.74) is 2.02. The molecule has 6 unspecified atom stereocenters. The Balaban J connectivity index is 1.30. The molecule has 0 saturated heterocycles. The highest BCUT2D eigenvalue weighted by molar-refractivity contribution is 7.86. The molecule has 5 aliphatic rings. The standard InChI is InChI=1S/C38H56O5S/c1-24(2)27-16-21-38(33(39)42-9)23-22-36(7)28(32(27)38)14-15-30-35(6)19-18-31(34(4,5)29(35)17-20-37(30,36)8)43-44(40,41)26-12-10-25(3)11-13-26/h10-13,27-32H,1,14-23H2,2-9H3/t27-,28?,29?,30?,31?,32?,35-,36+,37+,38?/m0/s1. The molecule has 0 amide bonds. The molecule has 0 aromatic heterocycles. The molecule has 244 valence electrons. The summed E-state index contributed by atoms with van der Waals surface area (Å²) in [5.74, 6) is 2.12. The van der Waals surface area contributed by atoms with E-state index >= 15 is 0 Å². The van der Waals surface area contributed by atoms with E-state index < -0.39 is 10.1 Å². The van der Waals surface area contributed by atoms with E-state index in [1.54, 1.807) is 19.2 Å². The van der Waals surface area contributed by atoms with Crippen LogP contribution in [0.2, 0.25) is 0 Å². The van der Waals surface area contributed by atoms with Crippen LogP contribution in [0.3, 0.4) is 0 Å². The van der Waals surface area contributed by atoms with Gasteiger partial charge in [-0.05, 0) is 141 Å². The highest BCUT2D eigenvalue weighted by atomic mass is 32.2. The van der Waals surface area contributed by atoms with Crippen LogP contribution in [0.25, 0.3) is 0 Å². The average molecular weight is 625 g/mol. The first kappa shape index (κ1) is 32.3. The molecule has 0 aliphatic heterocycles. The fraction of sp³-hybridized carbons (Fsp3) is 0.763. The van der Waals surface area contributed by atoms with Crippen LogP contribution in [0.1, 0.15) is 111 Å². The minimum absolute atomic E-state index is 0.0110. The van der Waals surface area contributed by atoms with E-state index in [1.165, 1.54) is 12.0 Å². The Labute approximate surface area is 267 Å². The van der Waals surface area contributed by atoms with Crippen molar-refractivity contribution in [3.63, 3.8) is 0 Å². The lowest BCUT2D eigenvalue weighted by Gasteiger charge is -2.72. The zero-order valence-corrected chi connectivity index (χ0v) is 29.3. The van der Waals surface area contributed by atoms with E-state index in [4.69, 9.17) is 8.92 Å². The number of aryl methyl sites for hydroxylation is 1. The average Bonchev–Trinajstić information content (AvgIpc) is 3.36. The Hall–Kier alpha value is -1.66. The van der Waals surface area contributed by atoms with Crippen LogP contribution in [0.5, 0.6) is 0 Å². The molecule has 0 spiro atoms. The van der Waals surface area contributed by atoms with Gasteiger partial charge >= 0.3 is 5.97 Å². The van der Waals surface area contributed by atoms with Gasteiger partial charge in [-0.3, -0.25) is 8.98 Å². The molecular weight excluding hydrogens is 568 g/mol. The molecule has 0 heterocycles. The van der Waals surface area contributed by atoms with Crippen molar-refractivity contribution < 1.29 is 22.1 Å². The number of methoxy groups -OCH3 is 1. The van der Waals surface area contributed by atoms with E-state index in [2.05, 4.69) is 48.1 Å². The highest BCUT2D eigenvalue weighted by Gasteiger charge is 2.72. The van der Waals surface area contributed by atoms with Crippen molar-refractivity contribution in [3.05, 3.63) is 42.0 Å². The predicted molar refractivity (Wildman–Crippen MR) is 174 cm³/mol. The van der Waals surface area contributed by atoms with Gasteiger partial charge in [-0.1, -0.05) is 64.5 Å². The van der Waals surface area contributed by atoms with Crippen LogP contribution in [0, 0.1) is 63.6 Å². The Morgan fingerprint density at radius 2 is 1.52 bits per heavy atom. The largest absolute Gasteiger partial charge is 0.469 e. The lowest BCUT2D eigenvalue weighted by molar-refractivity contribution is -0.246. The van der Waals surface area contributed by atoms with E-state index in [1.807, 2.05) is 19.1 Å². The number of hydrogen-bond acceptors (Lipinski definition) is 5. The molecule has 10 atom stereocenters. The molecule has 1 aromatic rings. The van der Waals surface area contributed by atoms with Gasteiger partial charge in [0, 0.05) is 0 Å². The predicted octanol–water partition coefficient (Wildman–Crippen LogP) is 8.90. The van der Waals surface area contributed by atoms with Gasteiger partial charge in [0.15, 0.2) is 0 Å². The van der Waals surface area contributed by atoms with Gasteiger partial charge in [0.05, 0.1) is 23.5 Å². The van der Waals surface area contributed by atoms with Crippen molar-refractivity contribution >= 4 is 16.1 Å². The molecule has 44 heavy (non-hydrogen) atoms. The van der Waals surface area contributed by atoms with Crippen molar-refractivity contribution in [1.82, 2.24) is 0 Å². The minimum atomic E-state index is -3.85. The molecule has 5 aliphatic carbocycles. The summed E-state index contributed by atoms with van der Waals surface area (Å²) in [4.78, 5) is 13.8. The minimum Gasteiger partial charge on any atom is -0.469 e. The number of benzene rings is 1. The van der Waals surface area contributed by atoms with E-state index in [0.717, 1.165) is 63.4 Å². The second-order valence-electron chi connectivity index (χ2n) is 17.0. The van der Waals surface area contributed by atoms with Crippen molar-refractivity contribution in [1.29, 1.82) is 0 Å². The Bertz CT molecular complexity index is 1430. The maximum absolute atomic E-state index is 13.5. The van der Waals surface area contributed by atoms with Crippen molar-refractivity contribution in [2.45, 2.75) is 124 Å². The van der Waals surface area contributed by atoms with Gasteiger partial charge < -0.3 is 4.74 Å². The fourth-order valence-corrected chi connectivity index (χ4v) is 14.0. The third kappa shape index (κ3) is 4.31. The molecule has 0 bridgehead atoms. The second kappa shape index (κ2) is 10.4. The first-order valence-corrected chi connectivity index (χ1v) is 18.6. The lowest BCUT2D eigenvalue weighted by Crippen LogP contribution is -2.67. The van der Waals surface area contributed by atoms with Crippen molar-refractivity contribution in [3.8, 4) is 0 Å². The van der Waals surface area contributed by atoms with Gasteiger partial charge in [-0.25, -0.2) is 0 Å². The second-order valence-corrected chi connectivity index (χ2v) is 18.6. The number of esters is 1. The number of allylic oxidation sites excluding steroid dienone is 1. The number of ether oxygens (including phenoxy) is 1. The fourth-order valence-electron chi connectivity index (χ4n) is 12.8. The molecule has 6 heteroatoms. The van der Waals surface area contributed by atoms with Crippen LogP contribution in [0.4, 0.5) is 0 Å². The lowest BCUT2D eigenvalue weighted by atomic mass is 9.32. The summed E-state index contributed by atoms with van der Waals surface area (Å²) in [6, 6.07) is 7.00. The summed E-state index contributed by atoms with van der Waals surface area (Å²) in [7, 11) is -2.27.